The lowest BCUT2D eigenvalue weighted by Crippen LogP contribution is -2.20. The van der Waals surface area contributed by atoms with Crippen molar-refractivity contribution >= 4 is 35.0 Å². The molecule has 0 fully saturated rings. The average molecular weight is 461 g/mol. The number of amides is 2. The van der Waals surface area contributed by atoms with Gasteiger partial charge in [-0.25, -0.2) is 0 Å². The first-order chi connectivity index (χ1) is 15.6. The molecule has 0 radical (unpaired) electrons. The van der Waals surface area contributed by atoms with Crippen LogP contribution in [0.2, 0.25) is 0 Å². The van der Waals surface area contributed by atoms with Gasteiger partial charge in [0.1, 0.15) is 5.25 Å². The monoisotopic (exact) mass is 460 g/mol. The van der Waals surface area contributed by atoms with Crippen LogP contribution in [0.25, 0.3) is 0 Å². The van der Waals surface area contributed by atoms with Crippen molar-refractivity contribution in [3.05, 3.63) is 89.5 Å². The summed E-state index contributed by atoms with van der Waals surface area (Å²) in [4.78, 5) is 26.5. The van der Waals surface area contributed by atoms with Crippen molar-refractivity contribution < 1.29 is 9.59 Å². The zero-order chi connectivity index (χ0) is 24.0. The van der Waals surface area contributed by atoms with Crippen molar-refractivity contribution in [2.24, 2.45) is 5.41 Å². The molecule has 0 aliphatic carbocycles. The topological polar surface area (TPSA) is 58.2 Å². The van der Waals surface area contributed by atoms with E-state index in [4.69, 9.17) is 0 Å². The largest absolute Gasteiger partial charge is 0.326 e. The normalized spacial score (nSPS) is 12.2. The molecule has 4 nitrogen and oxygen atoms in total. The zero-order valence-corrected chi connectivity index (χ0v) is 20.8. The first-order valence-electron chi connectivity index (χ1n) is 11.1. The molecule has 172 valence electrons. The average Bonchev–Trinajstić information content (AvgIpc) is 2.75. The molecule has 3 aromatic rings. The van der Waals surface area contributed by atoms with Gasteiger partial charge in [-0.3, -0.25) is 9.59 Å². The minimum absolute atomic E-state index is 0.00188. The molecule has 0 aliphatic heterocycles. The summed E-state index contributed by atoms with van der Waals surface area (Å²) in [5.41, 5.74) is 4.59. The van der Waals surface area contributed by atoms with Crippen LogP contribution in [0.3, 0.4) is 0 Å². The van der Waals surface area contributed by atoms with Crippen LogP contribution in [-0.2, 0) is 9.59 Å². The molecule has 3 aromatic carbocycles. The van der Waals surface area contributed by atoms with Crippen LogP contribution in [0.15, 0.2) is 77.7 Å². The zero-order valence-electron chi connectivity index (χ0n) is 19.9. The molecule has 0 heterocycles. The summed E-state index contributed by atoms with van der Waals surface area (Å²) >= 11 is 1.49. The van der Waals surface area contributed by atoms with E-state index >= 15 is 0 Å². The van der Waals surface area contributed by atoms with Crippen LogP contribution < -0.4 is 10.6 Å². The highest BCUT2D eigenvalue weighted by Gasteiger charge is 2.23. The number of thioether (sulfide) groups is 1. The van der Waals surface area contributed by atoms with Crippen molar-refractivity contribution in [2.75, 3.05) is 10.6 Å². The van der Waals surface area contributed by atoms with Gasteiger partial charge in [-0.15, -0.1) is 11.8 Å². The third kappa shape index (κ3) is 7.50. The van der Waals surface area contributed by atoms with E-state index in [1.807, 2.05) is 107 Å². The first kappa shape index (κ1) is 24.6. The second-order valence-electron chi connectivity index (χ2n) is 9.53. The molecule has 0 spiro atoms. The van der Waals surface area contributed by atoms with E-state index in [2.05, 4.69) is 10.6 Å². The second kappa shape index (κ2) is 10.7. The fourth-order valence-electron chi connectivity index (χ4n) is 3.41. The smallest absolute Gasteiger partial charge is 0.242 e. The van der Waals surface area contributed by atoms with Gasteiger partial charge in [-0.2, -0.15) is 0 Å². The number of hydrogen-bond donors (Lipinski definition) is 2. The van der Waals surface area contributed by atoms with Crippen molar-refractivity contribution in [2.45, 2.75) is 51.2 Å². The summed E-state index contributed by atoms with van der Waals surface area (Å²) in [5, 5.41) is 5.65. The fraction of sp³-hybridized carbons (Fsp3) is 0.286. The van der Waals surface area contributed by atoms with Gasteiger partial charge in [-0.1, -0.05) is 63.2 Å². The van der Waals surface area contributed by atoms with E-state index in [1.54, 1.807) is 0 Å². The Bertz CT molecular complexity index is 1100. The van der Waals surface area contributed by atoms with Crippen LogP contribution in [0.5, 0.6) is 0 Å². The predicted octanol–water partition coefficient (Wildman–Crippen LogP) is 7.15. The number of carbonyl (C=O) groups is 2. The fourth-order valence-corrected chi connectivity index (χ4v) is 4.43. The Balaban J connectivity index is 1.76. The van der Waals surface area contributed by atoms with Gasteiger partial charge in [0.05, 0.1) is 0 Å². The Hall–Kier alpha value is -3.05. The van der Waals surface area contributed by atoms with E-state index in [9.17, 15) is 9.59 Å². The number of rotatable bonds is 7. The molecule has 33 heavy (non-hydrogen) atoms. The molecule has 0 bridgehead atoms. The number of anilines is 2. The maximum absolute atomic E-state index is 13.3. The summed E-state index contributed by atoms with van der Waals surface area (Å²) in [7, 11) is 0. The highest BCUT2D eigenvalue weighted by atomic mass is 32.2. The SMILES string of the molecule is Cc1ccc(C)c(NC(=O)C(Sc2ccc(NC(=O)CC(C)(C)C)cc2)c2ccccc2)c1. The van der Waals surface area contributed by atoms with E-state index in [1.165, 1.54) is 11.8 Å². The number of nitrogens with one attached hydrogen (secondary N) is 2. The van der Waals surface area contributed by atoms with Gasteiger partial charge in [-0.05, 0) is 66.3 Å². The maximum atomic E-state index is 13.3. The van der Waals surface area contributed by atoms with Crippen molar-refractivity contribution in [3.63, 3.8) is 0 Å². The molecular formula is C28H32N2O2S. The van der Waals surface area contributed by atoms with E-state index in [0.717, 1.165) is 33.0 Å². The molecule has 1 atom stereocenters. The van der Waals surface area contributed by atoms with Gasteiger partial charge in [0.15, 0.2) is 0 Å². The third-order valence-electron chi connectivity index (χ3n) is 5.07. The van der Waals surface area contributed by atoms with Crippen LogP contribution >= 0.6 is 11.8 Å². The molecule has 0 aromatic heterocycles. The summed E-state index contributed by atoms with van der Waals surface area (Å²) in [6, 6.07) is 23.5. The summed E-state index contributed by atoms with van der Waals surface area (Å²) in [5.74, 6) is -0.0691. The summed E-state index contributed by atoms with van der Waals surface area (Å²) in [6.45, 7) is 10.1. The first-order valence-corrected chi connectivity index (χ1v) is 12.0. The lowest BCUT2D eigenvalue weighted by Gasteiger charge is -2.19. The maximum Gasteiger partial charge on any atom is 0.242 e. The van der Waals surface area contributed by atoms with E-state index < -0.39 is 5.25 Å². The lowest BCUT2D eigenvalue weighted by molar-refractivity contribution is -0.118. The van der Waals surface area contributed by atoms with Gasteiger partial charge >= 0.3 is 0 Å². The lowest BCUT2D eigenvalue weighted by atomic mass is 9.92. The quantitative estimate of drug-likeness (QED) is 0.368. The molecule has 5 heteroatoms. The van der Waals surface area contributed by atoms with Crippen LogP contribution in [0.4, 0.5) is 11.4 Å². The Morgan fingerprint density at radius 1 is 0.879 bits per heavy atom. The van der Waals surface area contributed by atoms with Crippen LogP contribution in [0.1, 0.15) is 49.1 Å². The van der Waals surface area contributed by atoms with Crippen molar-refractivity contribution in [1.82, 2.24) is 0 Å². The van der Waals surface area contributed by atoms with Crippen molar-refractivity contribution in [1.29, 1.82) is 0 Å². The Kier molecular flexibility index (Phi) is 7.98. The highest BCUT2D eigenvalue weighted by molar-refractivity contribution is 8.00. The van der Waals surface area contributed by atoms with E-state index in [-0.39, 0.29) is 17.2 Å². The molecule has 1 unspecified atom stereocenters. The molecule has 0 saturated carbocycles. The molecule has 0 aliphatic rings. The molecular weight excluding hydrogens is 428 g/mol. The second-order valence-corrected chi connectivity index (χ2v) is 10.7. The number of benzene rings is 3. The number of aryl methyl sites for hydroxylation is 2. The van der Waals surface area contributed by atoms with Crippen molar-refractivity contribution in [3.8, 4) is 0 Å². The minimum atomic E-state index is -0.410. The molecule has 2 amide bonds. The number of hydrogen-bond acceptors (Lipinski definition) is 3. The summed E-state index contributed by atoms with van der Waals surface area (Å²) < 4.78 is 0. The number of carbonyl (C=O) groups excluding carboxylic acids is 2. The molecule has 2 N–H and O–H groups in total. The standard InChI is InChI=1S/C28H32N2O2S/c1-19-11-12-20(2)24(17-19)30-27(32)26(21-9-7-6-8-10-21)33-23-15-13-22(14-16-23)29-25(31)18-28(3,4)5/h6-17,26H,18H2,1-5H3,(H,29,31)(H,30,32). The summed E-state index contributed by atoms with van der Waals surface area (Å²) in [6.07, 6.45) is 0.456. The Morgan fingerprint density at radius 3 is 2.18 bits per heavy atom. The van der Waals surface area contributed by atoms with Gasteiger partial charge in [0.25, 0.3) is 0 Å². The molecule has 0 saturated heterocycles. The Labute approximate surface area is 201 Å². The van der Waals surface area contributed by atoms with Gasteiger partial charge in [0, 0.05) is 22.7 Å². The van der Waals surface area contributed by atoms with E-state index in [0.29, 0.717) is 6.42 Å². The van der Waals surface area contributed by atoms with Gasteiger partial charge < -0.3 is 10.6 Å². The molecule has 3 rings (SSSR count). The van der Waals surface area contributed by atoms with Gasteiger partial charge in [0.2, 0.25) is 11.8 Å². The predicted molar refractivity (Wildman–Crippen MR) is 139 cm³/mol. The highest BCUT2D eigenvalue weighted by Crippen LogP contribution is 2.37. The Morgan fingerprint density at radius 2 is 1.55 bits per heavy atom. The van der Waals surface area contributed by atoms with Crippen LogP contribution in [-0.4, -0.2) is 11.8 Å². The minimum Gasteiger partial charge on any atom is -0.326 e. The van der Waals surface area contributed by atoms with Crippen LogP contribution in [0, 0.1) is 19.3 Å². The third-order valence-corrected chi connectivity index (χ3v) is 6.34.